The van der Waals surface area contributed by atoms with Crippen molar-refractivity contribution in [2.75, 3.05) is 0 Å². The van der Waals surface area contributed by atoms with Gasteiger partial charge in [-0.15, -0.1) is 0 Å². The number of carbonyl (C=O) groups is 1. The predicted molar refractivity (Wildman–Crippen MR) is 72.9 cm³/mol. The van der Waals surface area contributed by atoms with Crippen LogP contribution in [0.3, 0.4) is 0 Å². The highest BCUT2D eigenvalue weighted by atomic mass is 16.1. The van der Waals surface area contributed by atoms with E-state index in [1.807, 2.05) is 0 Å². The Kier molecular flexibility index (Phi) is 3.10. The molecule has 7 nitrogen and oxygen atoms in total. The number of imidazole rings is 1. The van der Waals surface area contributed by atoms with Crippen molar-refractivity contribution in [2.45, 2.75) is 18.9 Å². The van der Waals surface area contributed by atoms with E-state index in [0.717, 1.165) is 12.8 Å². The van der Waals surface area contributed by atoms with Crippen molar-refractivity contribution < 1.29 is 4.79 Å². The van der Waals surface area contributed by atoms with Crippen LogP contribution in [0.2, 0.25) is 0 Å². The summed E-state index contributed by atoms with van der Waals surface area (Å²) in [6, 6.07) is 5.34. The van der Waals surface area contributed by atoms with Crippen LogP contribution in [-0.2, 0) is 0 Å². The van der Waals surface area contributed by atoms with Gasteiger partial charge >= 0.3 is 0 Å². The van der Waals surface area contributed by atoms with Gasteiger partial charge in [-0.1, -0.05) is 5.11 Å². The lowest BCUT2D eigenvalue weighted by Gasteiger charge is -2.09. The third kappa shape index (κ3) is 2.48. The number of aromatic nitrogens is 2. The van der Waals surface area contributed by atoms with Crippen LogP contribution in [0, 0.1) is 0 Å². The average Bonchev–Trinajstić information content (AvgIpc) is 3.10. The second kappa shape index (κ2) is 5.07. The van der Waals surface area contributed by atoms with Crippen LogP contribution < -0.4 is 5.32 Å². The molecule has 0 unspecified atom stereocenters. The molecular formula is C13H12N6O. The minimum Gasteiger partial charge on any atom is -0.349 e. The first-order valence-electron chi connectivity index (χ1n) is 6.26. The van der Waals surface area contributed by atoms with Gasteiger partial charge in [0.2, 0.25) is 0 Å². The lowest BCUT2D eigenvalue weighted by Crippen LogP contribution is -2.25. The van der Waals surface area contributed by atoms with Crippen LogP contribution >= 0.6 is 0 Å². The van der Waals surface area contributed by atoms with Crippen molar-refractivity contribution in [1.29, 1.82) is 0 Å². The lowest BCUT2D eigenvalue weighted by atomic mass is 10.1. The summed E-state index contributed by atoms with van der Waals surface area (Å²) in [5.41, 5.74) is 10.2. The Morgan fingerprint density at radius 1 is 1.50 bits per heavy atom. The zero-order chi connectivity index (χ0) is 13.9. The van der Waals surface area contributed by atoms with Crippen molar-refractivity contribution in [2.24, 2.45) is 5.11 Å². The van der Waals surface area contributed by atoms with Crippen LogP contribution in [0.5, 0.6) is 0 Å². The molecule has 1 aromatic heterocycles. The molecule has 0 bridgehead atoms. The van der Waals surface area contributed by atoms with Gasteiger partial charge in [0.25, 0.3) is 5.91 Å². The molecule has 1 aliphatic carbocycles. The second-order valence-electron chi connectivity index (χ2n) is 4.61. The molecule has 100 valence electrons. The van der Waals surface area contributed by atoms with E-state index < -0.39 is 0 Å². The molecule has 0 radical (unpaired) electrons. The number of benzene rings is 1. The van der Waals surface area contributed by atoms with Gasteiger partial charge in [0, 0.05) is 28.9 Å². The van der Waals surface area contributed by atoms with Gasteiger partial charge in [-0.3, -0.25) is 4.79 Å². The fraction of sp³-hybridized carbons (Fsp3) is 0.231. The molecule has 0 atom stereocenters. The van der Waals surface area contributed by atoms with Gasteiger partial charge < -0.3 is 9.88 Å². The number of nitrogens with one attached hydrogen (secondary N) is 1. The highest BCUT2D eigenvalue weighted by molar-refractivity contribution is 5.96. The standard InChI is InChI=1S/C13H12N6O/c14-18-17-11-7-9(13(20)16-10-2-3-10)1-4-12(11)19-6-5-15-8-19/h1,4-8,10H,2-3H2,(H,16,20). The number of azide groups is 1. The highest BCUT2D eigenvalue weighted by Crippen LogP contribution is 2.26. The normalized spacial score (nSPS) is 13.6. The number of rotatable bonds is 4. The number of nitrogens with zero attached hydrogens (tertiary/aromatic N) is 5. The molecule has 0 aliphatic heterocycles. The van der Waals surface area contributed by atoms with Crippen LogP contribution in [0.15, 0.2) is 42.0 Å². The van der Waals surface area contributed by atoms with Crippen LogP contribution in [0.1, 0.15) is 23.2 Å². The average molecular weight is 268 g/mol. The molecule has 1 amide bonds. The Balaban J connectivity index is 1.96. The lowest BCUT2D eigenvalue weighted by molar-refractivity contribution is 0.0951. The van der Waals surface area contributed by atoms with Crippen molar-refractivity contribution in [3.05, 3.63) is 52.9 Å². The third-order valence-corrected chi connectivity index (χ3v) is 3.09. The van der Waals surface area contributed by atoms with E-state index in [1.54, 1.807) is 41.5 Å². The van der Waals surface area contributed by atoms with Gasteiger partial charge in [-0.25, -0.2) is 4.98 Å². The summed E-state index contributed by atoms with van der Waals surface area (Å²) in [6.45, 7) is 0. The fourth-order valence-electron chi connectivity index (χ4n) is 1.91. The summed E-state index contributed by atoms with van der Waals surface area (Å²) in [5.74, 6) is -0.140. The van der Waals surface area contributed by atoms with Crippen molar-refractivity contribution in [3.63, 3.8) is 0 Å². The number of hydrogen-bond acceptors (Lipinski definition) is 3. The zero-order valence-corrected chi connectivity index (χ0v) is 10.6. The maximum absolute atomic E-state index is 12.0. The SMILES string of the molecule is [N-]=[N+]=Nc1cc(C(=O)NC2CC2)ccc1-n1ccnc1. The molecule has 2 aromatic rings. The number of hydrogen-bond donors (Lipinski definition) is 1. The third-order valence-electron chi connectivity index (χ3n) is 3.09. The van der Waals surface area contributed by atoms with E-state index in [-0.39, 0.29) is 5.91 Å². The Morgan fingerprint density at radius 3 is 3.00 bits per heavy atom. The second-order valence-corrected chi connectivity index (χ2v) is 4.61. The molecule has 7 heteroatoms. The van der Waals surface area contributed by atoms with Crippen molar-refractivity contribution >= 4 is 11.6 Å². The molecule has 3 rings (SSSR count). The van der Waals surface area contributed by atoms with E-state index in [0.29, 0.717) is 23.0 Å². The first-order valence-corrected chi connectivity index (χ1v) is 6.26. The molecule has 20 heavy (non-hydrogen) atoms. The minimum atomic E-state index is -0.140. The number of carbonyl (C=O) groups excluding carboxylic acids is 1. The molecule has 1 saturated carbocycles. The molecular weight excluding hydrogens is 256 g/mol. The van der Waals surface area contributed by atoms with E-state index in [4.69, 9.17) is 5.53 Å². The Bertz CT molecular complexity index is 683. The maximum atomic E-state index is 12.0. The summed E-state index contributed by atoms with van der Waals surface area (Å²) in [7, 11) is 0. The highest BCUT2D eigenvalue weighted by Gasteiger charge is 2.24. The number of amides is 1. The van der Waals surface area contributed by atoms with Gasteiger partial charge in [-0.05, 0) is 36.6 Å². The smallest absolute Gasteiger partial charge is 0.251 e. The van der Waals surface area contributed by atoms with E-state index in [2.05, 4.69) is 20.3 Å². The molecule has 0 spiro atoms. The summed E-state index contributed by atoms with van der Waals surface area (Å²) in [6.07, 6.45) is 7.04. The van der Waals surface area contributed by atoms with Crippen LogP contribution in [0.4, 0.5) is 5.69 Å². The minimum absolute atomic E-state index is 0.140. The predicted octanol–water partition coefficient (Wildman–Crippen LogP) is 2.71. The molecule has 0 saturated heterocycles. The first-order chi connectivity index (χ1) is 9.78. The Labute approximate surface area is 114 Å². The summed E-state index contributed by atoms with van der Waals surface area (Å²) < 4.78 is 1.73. The quantitative estimate of drug-likeness (QED) is 0.524. The monoisotopic (exact) mass is 268 g/mol. The van der Waals surface area contributed by atoms with Crippen molar-refractivity contribution in [3.8, 4) is 5.69 Å². The molecule has 1 fully saturated rings. The summed E-state index contributed by atoms with van der Waals surface area (Å²) >= 11 is 0. The molecule has 1 N–H and O–H groups in total. The Hall–Kier alpha value is -2.79. The van der Waals surface area contributed by atoms with Crippen molar-refractivity contribution in [1.82, 2.24) is 14.9 Å². The van der Waals surface area contributed by atoms with E-state index >= 15 is 0 Å². The van der Waals surface area contributed by atoms with Gasteiger partial charge in [0.1, 0.15) is 0 Å². The fourth-order valence-corrected chi connectivity index (χ4v) is 1.91. The Morgan fingerprint density at radius 2 is 2.35 bits per heavy atom. The topological polar surface area (TPSA) is 95.7 Å². The molecule has 1 heterocycles. The maximum Gasteiger partial charge on any atom is 0.251 e. The largest absolute Gasteiger partial charge is 0.349 e. The summed E-state index contributed by atoms with van der Waals surface area (Å²) in [5, 5.41) is 6.55. The van der Waals surface area contributed by atoms with Crippen LogP contribution in [0.25, 0.3) is 16.1 Å². The van der Waals surface area contributed by atoms with Crippen LogP contribution in [-0.4, -0.2) is 21.5 Å². The molecule has 1 aliphatic rings. The summed E-state index contributed by atoms with van der Waals surface area (Å²) in [4.78, 5) is 18.7. The molecule has 1 aromatic carbocycles. The van der Waals surface area contributed by atoms with Gasteiger partial charge in [-0.2, -0.15) is 0 Å². The van der Waals surface area contributed by atoms with E-state index in [9.17, 15) is 4.79 Å². The zero-order valence-electron chi connectivity index (χ0n) is 10.6. The first kappa shape index (κ1) is 12.3. The van der Waals surface area contributed by atoms with E-state index in [1.165, 1.54) is 0 Å². The van der Waals surface area contributed by atoms with Gasteiger partial charge in [0.05, 0.1) is 17.7 Å². The van der Waals surface area contributed by atoms with Gasteiger partial charge in [0.15, 0.2) is 0 Å².